The number of hydrogen-bond acceptors (Lipinski definition) is 4. The van der Waals surface area contributed by atoms with Crippen LogP contribution < -0.4 is 10.1 Å². The summed E-state index contributed by atoms with van der Waals surface area (Å²) in [4.78, 5) is 10.3. The summed E-state index contributed by atoms with van der Waals surface area (Å²) in [5.74, 6) is 0.979. The van der Waals surface area contributed by atoms with Crippen molar-refractivity contribution in [1.29, 1.82) is 0 Å². The van der Waals surface area contributed by atoms with Gasteiger partial charge in [-0.05, 0) is 24.8 Å². The van der Waals surface area contributed by atoms with Gasteiger partial charge in [-0.25, -0.2) is 0 Å². The Morgan fingerprint density at radius 3 is 2.72 bits per heavy atom. The Morgan fingerprint density at radius 2 is 2.17 bits per heavy atom. The predicted molar refractivity (Wildman–Crippen MR) is 72.2 cm³/mol. The van der Waals surface area contributed by atoms with Gasteiger partial charge in [0.15, 0.2) is 5.75 Å². The van der Waals surface area contributed by atoms with Crippen LogP contribution in [0.15, 0.2) is 18.2 Å². The molecule has 0 spiro atoms. The Kier molecular flexibility index (Phi) is 5.42. The van der Waals surface area contributed by atoms with E-state index in [4.69, 9.17) is 4.74 Å². The van der Waals surface area contributed by atoms with E-state index in [-0.39, 0.29) is 11.4 Å². The molecule has 0 heterocycles. The van der Waals surface area contributed by atoms with Crippen LogP contribution in [0.25, 0.3) is 0 Å². The molecule has 0 saturated carbocycles. The molecule has 1 N–H and O–H groups in total. The third-order valence-corrected chi connectivity index (χ3v) is 2.66. The highest BCUT2D eigenvalue weighted by Gasteiger charge is 2.14. The van der Waals surface area contributed by atoms with Crippen LogP contribution in [0, 0.1) is 16.0 Å². The van der Waals surface area contributed by atoms with Gasteiger partial charge in [0.1, 0.15) is 0 Å². The van der Waals surface area contributed by atoms with Crippen molar-refractivity contribution in [2.45, 2.75) is 26.7 Å². The van der Waals surface area contributed by atoms with Crippen molar-refractivity contribution in [2.75, 3.05) is 19.0 Å². The zero-order valence-electron chi connectivity index (χ0n) is 11.1. The maximum Gasteiger partial charge on any atom is 0.311 e. The molecule has 1 aromatic rings. The number of nitrogens with zero attached hydrogens (tertiary/aromatic N) is 1. The number of methoxy groups -OCH3 is 1. The molecule has 1 rings (SSSR count). The van der Waals surface area contributed by atoms with Gasteiger partial charge in [-0.2, -0.15) is 0 Å². The van der Waals surface area contributed by atoms with Crippen molar-refractivity contribution in [3.8, 4) is 5.75 Å². The molecule has 0 aliphatic rings. The van der Waals surface area contributed by atoms with Crippen molar-refractivity contribution in [1.82, 2.24) is 0 Å². The van der Waals surface area contributed by atoms with Crippen molar-refractivity contribution in [3.63, 3.8) is 0 Å². The van der Waals surface area contributed by atoms with Gasteiger partial charge in [0.2, 0.25) is 0 Å². The maximum atomic E-state index is 10.7. The summed E-state index contributed by atoms with van der Waals surface area (Å²) in [7, 11) is 1.44. The van der Waals surface area contributed by atoms with E-state index in [1.54, 1.807) is 12.1 Å². The van der Waals surface area contributed by atoms with Crippen molar-refractivity contribution < 1.29 is 9.66 Å². The van der Waals surface area contributed by atoms with Crippen LogP contribution in [-0.2, 0) is 0 Å². The molecule has 0 radical (unpaired) electrons. The number of ether oxygens (including phenoxy) is 1. The molecule has 0 saturated heterocycles. The Labute approximate surface area is 107 Å². The highest BCUT2D eigenvalue weighted by atomic mass is 16.6. The second-order valence-electron chi connectivity index (χ2n) is 4.61. The van der Waals surface area contributed by atoms with Crippen LogP contribution in [-0.4, -0.2) is 18.6 Å². The first kappa shape index (κ1) is 14.3. The number of nitro groups is 1. The fourth-order valence-electron chi connectivity index (χ4n) is 1.68. The van der Waals surface area contributed by atoms with Gasteiger partial charge in [-0.1, -0.05) is 13.8 Å². The van der Waals surface area contributed by atoms with Crippen molar-refractivity contribution in [2.24, 2.45) is 5.92 Å². The predicted octanol–water partition coefficient (Wildman–Crippen LogP) is 3.45. The first-order chi connectivity index (χ1) is 8.54. The van der Waals surface area contributed by atoms with Gasteiger partial charge >= 0.3 is 5.69 Å². The highest BCUT2D eigenvalue weighted by Crippen LogP contribution is 2.29. The lowest BCUT2D eigenvalue weighted by molar-refractivity contribution is -0.385. The molecule has 0 atom stereocenters. The Balaban J connectivity index is 2.60. The van der Waals surface area contributed by atoms with E-state index in [2.05, 4.69) is 19.2 Å². The van der Waals surface area contributed by atoms with Gasteiger partial charge in [0.05, 0.1) is 12.0 Å². The molecule has 5 heteroatoms. The molecule has 0 aliphatic carbocycles. The van der Waals surface area contributed by atoms with E-state index in [0.717, 1.165) is 25.1 Å². The zero-order valence-corrected chi connectivity index (χ0v) is 11.1. The standard InChI is InChI=1S/C13H20N2O3/c1-10(2)5-4-8-14-11-6-7-12(15(16)17)13(9-11)18-3/h6-7,9-10,14H,4-5,8H2,1-3H3. The summed E-state index contributed by atoms with van der Waals surface area (Å²) < 4.78 is 5.01. The first-order valence-electron chi connectivity index (χ1n) is 6.11. The second kappa shape index (κ2) is 6.83. The molecular weight excluding hydrogens is 232 g/mol. The molecule has 0 aliphatic heterocycles. The smallest absolute Gasteiger partial charge is 0.311 e. The summed E-state index contributed by atoms with van der Waals surface area (Å²) in [6.07, 6.45) is 2.24. The maximum absolute atomic E-state index is 10.7. The number of nitro benzene ring substituents is 1. The lowest BCUT2D eigenvalue weighted by atomic mass is 10.1. The lowest BCUT2D eigenvalue weighted by Gasteiger charge is -2.09. The van der Waals surface area contributed by atoms with Crippen molar-refractivity contribution in [3.05, 3.63) is 28.3 Å². The minimum absolute atomic E-state index is 0.00905. The molecule has 0 aromatic heterocycles. The Morgan fingerprint density at radius 1 is 1.44 bits per heavy atom. The third kappa shape index (κ3) is 4.24. The SMILES string of the molecule is COc1cc(NCCCC(C)C)ccc1[N+](=O)[O-]. The Bertz CT molecular complexity index is 405. The minimum Gasteiger partial charge on any atom is -0.490 e. The summed E-state index contributed by atoms with van der Waals surface area (Å²) in [6, 6.07) is 4.83. The Hall–Kier alpha value is -1.78. The fourth-order valence-corrected chi connectivity index (χ4v) is 1.68. The quantitative estimate of drug-likeness (QED) is 0.458. The molecule has 18 heavy (non-hydrogen) atoms. The molecule has 0 unspecified atom stereocenters. The van der Waals surface area contributed by atoms with E-state index >= 15 is 0 Å². The molecule has 0 amide bonds. The van der Waals surface area contributed by atoms with E-state index in [1.165, 1.54) is 13.2 Å². The normalized spacial score (nSPS) is 10.4. The van der Waals surface area contributed by atoms with Gasteiger partial charge in [-0.15, -0.1) is 0 Å². The average Bonchev–Trinajstić information content (AvgIpc) is 2.33. The van der Waals surface area contributed by atoms with Gasteiger partial charge in [0, 0.05) is 24.4 Å². The summed E-state index contributed by atoms with van der Waals surface area (Å²) in [6.45, 7) is 5.24. The molecule has 100 valence electrons. The average molecular weight is 252 g/mol. The molecular formula is C13H20N2O3. The first-order valence-corrected chi connectivity index (χ1v) is 6.11. The zero-order chi connectivity index (χ0) is 13.5. The number of hydrogen-bond donors (Lipinski definition) is 1. The molecule has 0 fully saturated rings. The summed E-state index contributed by atoms with van der Waals surface area (Å²) >= 11 is 0. The van der Waals surface area contributed by atoms with E-state index in [9.17, 15) is 10.1 Å². The topological polar surface area (TPSA) is 64.4 Å². The molecule has 0 bridgehead atoms. The third-order valence-electron chi connectivity index (χ3n) is 2.66. The largest absolute Gasteiger partial charge is 0.490 e. The van der Waals surface area contributed by atoms with Crippen LogP contribution in [0.1, 0.15) is 26.7 Å². The monoisotopic (exact) mass is 252 g/mol. The van der Waals surface area contributed by atoms with Crippen LogP contribution in [0.3, 0.4) is 0 Å². The minimum atomic E-state index is -0.443. The van der Waals surface area contributed by atoms with E-state index in [1.807, 2.05) is 0 Å². The van der Waals surface area contributed by atoms with Crippen LogP contribution in [0.2, 0.25) is 0 Å². The number of benzene rings is 1. The fraction of sp³-hybridized carbons (Fsp3) is 0.538. The van der Waals surface area contributed by atoms with Crippen LogP contribution >= 0.6 is 0 Å². The van der Waals surface area contributed by atoms with Gasteiger partial charge in [0.25, 0.3) is 0 Å². The molecule has 1 aromatic carbocycles. The van der Waals surface area contributed by atoms with E-state index in [0.29, 0.717) is 5.92 Å². The summed E-state index contributed by atoms with van der Waals surface area (Å²) in [5.41, 5.74) is 0.839. The number of anilines is 1. The van der Waals surface area contributed by atoms with Gasteiger partial charge in [-0.3, -0.25) is 10.1 Å². The van der Waals surface area contributed by atoms with Crippen LogP contribution in [0.5, 0.6) is 5.75 Å². The van der Waals surface area contributed by atoms with Crippen molar-refractivity contribution >= 4 is 11.4 Å². The second-order valence-corrected chi connectivity index (χ2v) is 4.61. The number of rotatable bonds is 7. The summed E-state index contributed by atoms with van der Waals surface area (Å²) in [5, 5.41) is 14.0. The molecule has 5 nitrogen and oxygen atoms in total. The van der Waals surface area contributed by atoms with Gasteiger partial charge < -0.3 is 10.1 Å². The van der Waals surface area contributed by atoms with Crippen LogP contribution in [0.4, 0.5) is 11.4 Å². The number of nitrogens with one attached hydrogen (secondary N) is 1. The highest BCUT2D eigenvalue weighted by molar-refractivity contribution is 5.57. The van der Waals surface area contributed by atoms with E-state index < -0.39 is 4.92 Å². The lowest BCUT2D eigenvalue weighted by Crippen LogP contribution is -2.03.